The molecule has 0 spiro atoms. The monoisotopic (exact) mass is 457 g/mol. The van der Waals surface area contributed by atoms with Gasteiger partial charge in [0.05, 0.1) is 0 Å². The fourth-order valence-electron chi connectivity index (χ4n) is 4.88. The zero-order valence-electron chi connectivity index (χ0n) is 18.4. The Morgan fingerprint density at radius 1 is 1.16 bits per heavy atom. The van der Waals surface area contributed by atoms with Crippen LogP contribution >= 0.6 is 11.6 Å². The number of amides is 3. The van der Waals surface area contributed by atoms with Crippen molar-refractivity contribution in [3.8, 4) is 0 Å². The number of carbonyl (C=O) groups excluding carboxylic acids is 2. The number of carbonyl (C=O) groups is 2. The van der Waals surface area contributed by atoms with Gasteiger partial charge in [0, 0.05) is 62.4 Å². The third kappa shape index (κ3) is 3.69. The molecule has 10 heteroatoms. The molecule has 0 bridgehead atoms. The van der Waals surface area contributed by atoms with Gasteiger partial charge < -0.3 is 19.6 Å². The van der Waals surface area contributed by atoms with E-state index in [9.17, 15) is 9.59 Å². The van der Waals surface area contributed by atoms with Gasteiger partial charge in [0.25, 0.3) is 5.91 Å². The van der Waals surface area contributed by atoms with Crippen molar-refractivity contribution in [2.45, 2.75) is 25.6 Å². The van der Waals surface area contributed by atoms with Gasteiger partial charge in [0.15, 0.2) is 12.2 Å². The molecule has 9 nitrogen and oxygen atoms in total. The minimum atomic E-state index is -0.493. The number of nitrogens with one attached hydrogen (secondary N) is 1. The second-order valence-corrected chi connectivity index (χ2v) is 9.12. The lowest BCUT2D eigenvalue weighted by molar-refractivity contribution is -0.126. The van der Waals surface area contributed by atoms with Crippen molar-refractivity contribution in [3.05, 3.63) is 41.2 Å². The maximum Gasteiger partial charge on any atom is 0.325 e. The van der Waals surface area contributed by atoms with Crippen molar-refractivity contribution in [2.75, 3.05) is 51.2 Å². The number of hydrogen-bond acceptors (Lipinski definition) is 7. The summed E-state index contributed by atoms with van der Waals surface area (Å²) in [7, 11) is 1.68. The van der Waals surface area contributed by atoms with E-state index >= 15 is 0 Å². The maximum absolute atomic E-state index is 12.4. The summed E-state index contributed by atoms with van der Waals surface area (Å²) in [5, 5.41) is 3.19. The summed E-state index contributed by atoms with van der Waals surface area (Å²) in [6.45, 7) is 7.88. The molecule has 2 fully saturated rings. The number of hydrogen-bond donors (Lipinski definition) is 1. The van der Waals surface area contributed by atoms with Crippen LogP contribution in [0.15, 0.2) is 41.2 Å². The second-order valence-electron chi connectivity index (χ2n) is 8.68. The first-order valence-electron chi connectivity index (χ1n) is 11.0. The summed E-state index contributed by atoms with van der Waals surface area (Å²) in [5.74, 6) is 0.473. The summed E-state index contributed by atoms with van der Waals surface area (Å²) in [6, 6.07) is 7.15. The Morgan fingerprint density at radius 2 is 1.94 bits per heavy atom. The average molecular weight is 458 g/mol. The molecule has 4 aliphatic heterocycles. The van der Waals surface area contributed by atoms with Crippen LogP contribution in [0.2, 0.25) is 5.02 Å². The zero-order valence-corrected chi connectivity index (χ0v) is 19.1. The Bertz CT molecular complexity index is 988. The zero-order chi connectivity index (χ0) is 22.4. The molecule has 1 aromatic rings. The highest BCUT2D eigenvalue weighted by atomic mass is 35.5. The molecule has 0 aromatic heterocycles. The first kappa shape index (κ1) is 21.1. The van der Waals surface area contributed by atoms with Gasteiger partial charge in [0.2, 0.25) is 5.96 Å². The van der Waals surface area contributed by atoms with E-state index in [0.717, 1.165) is 62.4 Å². The molecule has 2 saturated heterocycles. The molecule has 32 heavy (non-hydrogen) atoms. The topological polar surface area (TPSA) is 74.7 Å². The predicted octanol–water partition coefficient (Wildman–Crippen LogP) is 1.58. The molecular weight excluding hydrogens is 430 g/mol. The number of fused-ring (bicyclic) bond motifs is 3. The highest BCUT2D eigenvalue weighted by molar-refractivity contribution is 6.30. The number of imide groups is 1. The third-order valence-corrected chi connectivity index (χ3v) is 6.91. The Kier molecular flexibility index (Phi) is 5.46. The molecular formula is C22H28ClN7O2. The highest BCUT2D eigenvalue weighted by Gasteiger charge is 2.51. The van der Waals surface area contributed by atoms with Crippen molar-refractivity contribution < 1.29 is 9.59 Å². The average Bonchev–Trinajstić information content (AvgIpc) is 3.28. The minimum absolute atomic E-state index is 0.291. The Morgan fingerprint density at radius 3 is 2.69 bits per heavy atom. The maximum atomic E-state index is 12.4. The minimum Gasteiger partial charge on any atom is -0.369 e. The third-order valence-electron chi connectivity index (χ3n) is 6.67. The number of benzene rings is 1. The second kappa shape index (κ2) is 8.29. The molecule has 0 saturated carbocycles. The van der Waals surface area contributed by atoms with Crippen molar-refractivity contribution in [1.82, 2.24) is 24.9 Å². The SMILES string of the molecule is CC1=CN2C(=NC3C2C(=O)NC(=O)N3C)N1CCCN1CCN(c2cccc(Cl)c2)CC1. The van der Waals surface area contributed by atoms with Crippen molar-refractivity contribution in [1.29, 1.82) is 0 Å². The number of piperazine rings is 1. The van der Waals surface area contributed by atoms with E-state index < -0.39 is 18.2 Å². The van der Waals surface area contributed by atoms with Crippen LogP contribution in [-0.2, 0) is 4.79 Å². The van der Waals surface area contributed by atoms with Crippen LogP contribution < -0.4 is 10.2 Å². The molecule has 0 radical (unpaired) electrons. The van der Waals surface area contributed by atoms with Gasteiger partial charge in [-0.2, -0.15) is 0 Å². The summed E-state index contributed by atoms with van der Waals surface area (Å²) in [5.41, 5.74) is 2.25. The number of nitrogens with zero attached hydrogens (tertiary/aromatic N) is 6. The van der Waals surface area contributed by atoms with E-state index in [1.54, 1.807) is 7.05 Å². The van der Waals surface area contributed by atoms with Gasteiger partial charge in [-0.3, -0.25) is 15.0 Å². The van der Waals surface area contributed by atoms with Crippen LogP contribution in [0.1, 0.15) is 13.3 Å². The Labute approximate surface area is 192 Å². The van der Waals surface area contributed by atoms with E-state index in [0.29, 0.717) is 0 Å². The van der Waals surface area contributed by atoms with E-state index in [1.165, 1.54) is 10.6 Å². The molecule has 0 aliphatic carbocycles. The smallest absolute Gasteiger partial charge is 0.325 e. The molecule has 1 aromatic carbocycles. The van der Waals surface area contributed by atoms with E-state index in [1.807, 2.05) is 36.2 Å². The van der Waals surface area contributed by atoms with E-state index in [4.69, 9.17) is 16.6 Å². The molecule has 4 heterocycles. The fraction of sp³-hybridized carbons (Fsp3) is 0.500. The van der Waals surface area contributed by atoms with Gasteiger partial charge in [0.1, 0.15) is 0 Å². The number of allylic oxidation sites excluding steroid dienone is 1. The van der Waals surface area contributed by atoms with Gasteiger partial charge >= 0.3 is 6.03 Å². The molecule has 3 amide bonds. The van der Waals surface area contributed by atoms with Gasteiger partial charge in [-0.1, -0.05) is 17.7 Å². The van der Waals surface area contributed by atoms with Crippen LogP contribution in [-0.4, -0.2) is 96.0 Å². The van der Waals surface area contributed by atoms with E-state index in [-0.39, 0.29) is 5.91 Å². The quantitative estimate of drug-likeness (QED) is 0.723. The highest BCUT2D eigenvalue weighted by Crippen LogP contribution is 2.31. The normalized spacial score (nSPS) is 25.6. The number of rotatable bonds is 5. The predicted molar refractivity (Wildman–Crippen MR) is 123 cm³/mol. The number of urea groups is 1. The molecule has 2 atom stereocenters. The number of anilines is 1. The fourth-order valence-corrected chi connectivity index (χ4v) is 5.06. The molecule has 4 aliphatic rings. The number of aliphatic imine (C=N–C) groups is 1. The van der Waals surface area contributed by atoms with Crippen LogP contribution in [0.5, 0.6) is 0 Å². The molecule has 5 rings (SSSR count). The van der Waals surface area contributed by atoms with Gasteiger partial charge in [-0.15, -0.1) is 0 Å². The summed E-state index contributed by atoms with van der Waals surface area (Å²) in [6.07, 6.45) is 2.49. The summed E-state index contributed by atoms with van der Waals surface area (Å²) < 4.78 is 0. The van der Waals surface area contributed by atoms with Crippen molar-refractivity contribution >= 4 is 35.2 Å². The largest absolute Gasteiger partial charge is 0.369 e. The van der Waals surface area contributed by atoms with Crippen molar-refractivity contribution in [3.63, 3.8) is 0 Å². The van der Waals surface area contributed by atoms with Crippen LogP contribution in [0.3, 0.4) is 0 Å². The summed E-state index contributed by atoms with van der Waals surface area (Å²) in [4.78, 5) is 39.5. The molecule has 2 unspecified atom stereocenters. The van der Waals surface area contributed by atoms with Crippen LogP contribution in [0.4, 0.5) is 10.5 Å². The number of halogens is 1. The number of likely N-dealkylation sites (N-methyl/N-ethyl adjacent to an activating group) is 1. The van der Waals surface area contributed by atoms with Crippen LogP contribution in [0, 0.1) is 0 Å². The summed E-state index contributed by atoms with van der Waals surface area (Å²) >= 11 is 6.14. The van der Waals surface area contributed by atoms with Crippen LogP contribution in [0.25, 0.3) is 0 Å². The standard InChI is InChI=1S/C22H28ClN7O2/c1-15-14-30-18-19(26(2)22(32)25-20(18)31)24-21(30)29(15)8-4-7-27-9-11-28(12-10-27)17-6-3-5-16(23)13-17/h3,5-6,13-14,18-19H,4,7-12H2,1-2H3,(H,25,31,32). The molecule has 170 valence electrons. The molecule has 1 N–H and O–H groups in total. The van der Waals surface area contributed by atoms with Gasteiger partial charge in [-0.05, 0) is 38.1 Å². The lowest BCUT2D eigenvalue weighted by Crippen LogP contribution is -2.62. The first-order valence-corrected chi connectivity index (χ1v) is 11.4. The Balaban J connectivity index is 1.15. The lowest BCUT2D eigenvalue weighted by atomic mass is 10.1. The number of guanidine groups is 1. The van der Waals surface area contributed by atoms with E-state index in [2.05, 4.69) is 26.1 Å². The Hall–Kier alpha value is -2.78. The lowest BCUT2D eigenvalue weighted by Gasteiger charge is -2.36. The first-order chi connectivity index (χ1) is 15.4. The van der Waals surface area contributed by atoms with Crippen molar-refractivity contribution in [2.24, 2.45) is 4.99 Å². The van der Waals surface area contributed by atoms with Gasteiger partial charge in [-0.25, -0.2) is 9.79 Å².